The molecule has 5 heteroatoms. The van der Waals surface area contributed by atoms with Crippen LogP contribution < -0.4 is 5.73 Å². The molecule has 0 aliphatic rings. The summed E-state index contributed by atoms with van der Waals surface area (Å²) >= 11 is 3.45. The zero-order valence-corrected chi connectivity index (χ0v) is 13.4. The number of aromatic nitrogens is 3. The number of nitrogen functional groups attached to an aromatic ring is 1. The number of pyridine rings is 1. The maximum absolute atomic E-state index is 6.22. The first kappa shape index (κ1) is 13.8. The molecule has 0 atom stereocenters. The minimum atomic E-state index is 0.654. The number of halogens is 1. The van der Waals surface area contributed by atoms with Gasteiger partial charge in [-0.05, 0) is 36.8 Å². The van der Waals surface area contributed by atoms with Crippen LogP contribution in [0.4, 0.5) is 5.82 Å². The SMILES string of the molecule is Cc1cc(-c2nn(C)c(N)c2-c2ccc(Br)cc2)ccn1. The third-order valence-corrected chi connectivity index (χ3v) is 3.92. The lowest BCUT2D eigenvalue weighted by molar-refractivity contribution is 0.782. The van der Waals surface area contributed by atoms with Crippen LogP contribution in [0.25, 0.3) is 22.4 Å². The highest BCUT2D eigenvalue weighted by Crippen LogP contribution is 2.36. The smallest absolute Gasteiger partial charge is 0.129 e. The van der Waals surface area contributed by atoms with E-state index in [0.29, 0.717) is 5.82 Å². The van der Waals surface area contributed by atoms with Gasteiger partial charge in [0, 0.05) is 29.0 Å². The molecule has 4 nitrogen and oxygen atoms in total. The van der Waals surface area contributed by atoms with E-state index >= 15 is 0 Å². The Morgan fingerprint density at radius 2 is 1.81 bits per heavy atom. The second-order valence-corrected chi connectivity index (χ2v) is 5.84. The highest BCUT2D eigenvalue weighted by molar-refractivity contribution is 9.10. The number of aryl methyl sites for hydroxylation is 2. The molecule has 3 rings (SSSR count). The average Bonchev–Trinajstić information content (AvgIpc) is 2.76. The summed E-state index contributed by atoms with van der Waals surface area (Å²) in [6, 6.07) is 12.1. The molecule has 0 saturated heterocycles. The molecule has 0 spiro atoms. The van der Waals surface area contributed by atoms with Gasteiger partial charge in [0.05, 0.1) is 5.56 Å². The molecular formula is C16H15BrN4. The number of hydrogen-bond donors (Lipinski definition) is 1. The van der Waals surface area contributed by atoms with Crippen LogP contribution >= 0.6 is 15.9 Å². The summed E-state index contributed by atoms with van der Waals surface area (Å²) in [6.07, 6.45) is 1.79. The Bertz CT molecular complexity index is 791. The lowest BCUT2D eigenvalue weighted by atomic mass is 10.0. The van der Waals surface area contributed by atoms with Crippen LogP contribution in [0.5, 0.6) is 0 Å². The summed E-state index contributed by atoms with van der Waals surface area (Å²) in [5.74, 6) is 0.654. The molecule has 0 radical (unpaired) electrons. The fourth-order valence-corrected chi connectivity index (χ4v) is 2.60. The lowest BCUT2D eigenvalue weighted by Crippen LogP contribution is -1.97. The van der Waals surface area contributed by atoms with E-state index in [9.17, 15) is 0 Å². The fraction of sp³-hybridized carbons (Fsp3) is 0.125. The first-order valence-corrected chi connectivity index (χ1v) is 7.37. The van der Waals surface area contributed by atoms with Gasteiger partial charge in [0.1, 0.15) is 11.5 Å². The number of benzene rings is 1. The van der Waals surface area contributed by atoms with E-state index < -0.39 is 0 Å². The Kier molecular flexibility index (Phi) is 3.51. The molecule has 0 aliphatic heterocycles. The Labute approximate surface area is 131 Å². The van der Waals surface area contributed by atoms with Gasteiger partial charge in [-0.15, -0.1) is 0 Å². The van der Waals surface area contributed by atoms with E-state index in [1.807, 2.05) is 50.4 Å². The van der Waals surface area contributed by atoms with E-state index in [1.165, 1.54) is 0 Å². The third kappa shape index (κ3) is 2.56. The molecule has 2 aromatic heterocycles. The van der Waals surface area contributed by atoms with Crippen LogP contribution in [-0.2, 0) is 7.05 Å². The molecule has 0 aliphatic carbocycles. The number of nitrogens with zero attached hydrogens (tertiary/aromatic N) is 3. The third-order valence-electron chi connectivity index (χ3n) is 3.39. The molecule has 21 heavy (non-hydrogen) atoms. The van der Waals surface area contributed by atoms with Crippen LogP contribution in [-0.4, -0.2) is 14.8 Å². The maximum Gasteiger partial charge on any atom is 0.129 e. The Morgan fingerprint density at radius 1 is 1.10 bits per heavy atom. The van der Waals surface area contributed by atoms with Crippen molar-refractivity contribution in [1.82, 2.24) is 14.8 Å². The van der Waals surface area contributed by atoms with E-state index in [2.05, 4.69) is 26.0 Å². The molecule has 2 heterocycles. The molecule has 0 amide bonds. The summed E-state index contributed by atoms with van der Waals surface area (Å²) in [5.41, 5.74) is 11.1. The van der Waals surface area contributed by atoms with Crippen molar-refractivity contribution < 1.29 is 0 Å². The van der Waals surface area contributed by atoms with Crippen molar-refractivity contribution in [3.63, 3.8) is 0 Å². The number of nitrogens with two attached hydrogens (primary N) is 1. The highest BCUT2D eigenvalue weighted by atomic mass is 79.9. The summed E-state index contributed by atoms with van der Waals surface area (Å²) < 4.78 is 2.75. The van der Waals surface area contributed by atoms with Crippen LogP contribution in [0.2, 0.25) is 0 Å². The zero-order valence-electron chi connectivity index (χ0n) is 11.8. The molecule has 0 bridgehead atoms. The van der Waals surface area contributed by atoms with Gasteiger partial charge in [-0.3, -0.25) is 9.67 Å². The van der Waals surface area contributed by atoms with Crippen molar-refractivity contribution in [3.8, 4) is 22.4 Å². The van der Waals surface area contributed by atoms with Crippen molar-refractivity contribution in [3.05, 3.63) is 52.8 Å². The van der Waals surface area contributed by atoms with Crippen LogP contribution in [0.15, 0.2) is 47.1 Å². The van der Waals surface area contributed by atoms with Crippen LogP contribution in [0.3, 0.4) is 0 Å². The Balaban J connectivity index is 2.23. The number of hydrogen-bond acceptors (Lipinski definition) is 3. The monoisotopic (exact) mass is 342 g/mol. The van der Waals surface area contributed by atoms with Gasteiger partial charge in [-0.1, -0.05) is 28.1 Å². The van der Waals surface area contributed by atoms with Gasteiger partial charge in [-0.25, -0.2) is 0 Å². The molecular weight excluding hydrogens is 328 g/mol. The van der Waals surface area contributed by atoms with E-state index in [-0.39, 0.29) is 0 Å². The molecule has 1 aromatic carbocycles. The van der Waals surface area contributed by atoms with Crippen molar-refractivity contribution in [2.24, 2.45) is 7.05 Å². The van der Waals surface area contributed by atoms with Crippen molar-refractivity contribution in [1.29, 1.82) is 0 Å². The van der Waals surface area contributed by atoms with Crippen molar-refractivity contribution in [2.45, 2.75) is 6.92 Å². The summed E-state index contributed by atoms with van der Waals surface area (Å²) in [4.78, 5) is 4.24. The normalized spacial score (nSPS) is 10.8. The molecule has 3 aromatic rings. The summed E-state index contributed by atoms with van der Waals surface area (Å²) in [7, 11) is 1.86. The quantitative estimate of drug-likeness (QED) is 0.770. The van der Waals surface area contributed by atoms with E-state index in [4.69, 9.17) is 5.73 Å². The lowest BCUT2D eigenvalue weighted by Gasteiger charge is -2.05. The first-order chi connectivity index (χ1) is 10.1. The Hall–Kier alpha value is -2.14. The Morgan fingerprint density at radius 3 is 2.48 bits per heavy atom. The van der Waals surface area contributed by atoms with Gasteiger partial charge in [-0.2, -0.15) is 5.10 Å². The van der Waals surface area contributed by atoms with Crippen molar-refractivity contribution >= 4 is 21.7 Å². The topological polar surface area (TPSA) is 56.7 Å². The van der Waals surface area contributed by atoms with Gasteiger partial charge in [0.25, 0.3) is 0 Å². The van der Waals surface area contributed by atoms with E-state index in [0.717, 1.165) is 32.6 Å². The predicted molar refractivity (Wildman–Crippen MR) is 88.7 cm³/mol. The summed E-state index contributed by atoms with van der Waals surface area (Å²) in [6.45, 7) is 1.97. The largest absolute Gasteiger partial charge is 0.383 e. The standard InChI is InChI=1S/C16H15BrN4/c1-10-9-12(7-8-19-10)15-14(16(18)21(2)20-15)11-3-5-13(17)6-4-11/h3-9H,18H2,1-2H3. The molecule has 0 fully saturated rings. The molecule has 0 unspecified atom stereocenters. The maximum atomic E-state index is 6.22. The molecule has 2 N–H and O–H groups in total. The average molecular weight is 343 g/mol. The van der Waals surface area contributed by atoms with Gasteiger partial charge in [0.15, 0.2) is 0 Å². The van der Waals surface area contributed by atoms with Crippen LogP contribution in [0, 0.1) is 6.92 Å². The van der Waals surface area contributed by atoms with Gasteiger partial charge < -0.3 is 5.73 Å². The van der Waals surface area contributed by atoms with Gasteiger partial charge >= 0.3 is 0 Å². The minimum absolute atomic E-state index is 0.654. The second kappa shape index (κ2) is 5.33. The van der Waals surface area contributed by atoms with Crippen molar-refractivity contribution in [2.75, 3.05) is 5.73 Å². The summed E-state index contributed by atoms with van der Waals surface area (Å²) in [5, 5.41) is 4.57. The number of rotatable bonds is 2. The molecule has 0 saturated carbocycles. The van der Waals surface area contributed by atoms with Crippen LogP contribution in [0.1, 0.15) is 5.69 Å². The van der Waals surface area contributed by atoms with E-state index in [1.54, 1.807) is 10.9 Å². The fourth-order valence-electron chi connectivity index (χ4n) is 2.33. The highest BCUT2D eigenvalue weighted by Gasteiger charge is 2.17. The predicted octanol–water partition coefficient (Wildman–Crippen LogP) is 3.80. The zero-order chi connectivity index (χ0) is 15.0. The first-order valence-electron chi connectivity index (χ1n) is 6.57. The number of anilines is 1. The second-order valence-electron chi connectivity index (χ2n) is 4.93. The van der Waals surface area contributed by atoms with Gasteiger partial charge in [0.2, 0.25) is 0 Å². The molecule has 106 valence electrons. The minimum Gasteiger partial charge on any atom is -0.383 e.